The van der Waals surface area contributed by atoms with Gasteiger partial charge in [-0.15, -0.1) is 0 Å². The Labute approximate surface area is 423 Å². The molecule has 0 heterocycles. The van der Waals surface area contributed by atoms with Crippen LogP contribution in [0.4, 0.5) is 0 Å². The van der Waals surface area contributed by atoms with Gasteiger partial charge in [-0.1, -0.05) is 77.1 Å². The van der Waals surface area contributed by atoms with E-state index in [0.29, 0.717) is 16.7 Å². The Kier molecular flexibility index (Phi) is 22.5. The summed E-state index contributed by atoms with van der Waals surface area (Å²) in [6.45, 7) is 15.2. The summed E-state index contributed by atoms with van der Waals surface area (Å²) in [4.78, 5) is 80.3. The number of nitrogens with two attached hydrogens (primary N) is 1. The number of benzene rings is 3. The molecule has 0 aliphatic heterocycles. The number of amides is 4. The first-order valence-corrected chi connectivity index (χ1v) is 26.8. The Bertz CT molecular complexity index is 2640. The molecule has 22 heteroatoms. The van der Waals surface area contributed by atoms with Gasteiger partial charge in [-0.05, 0) is 92.8 Å². The van der Waals surface area contributed by atoms with Gasteiger partial charge in [0.05, 0.1) is 24.6 Å². The van der Waals surface area contributed by atoms with Crippen LogP contribution in [0.15, 0.2) is 54.6 Å². The number of rotatable bonds is 28. The number of carbonyl (C=O) groups excluding carboxylic acids is 6. The monoisotopic (exact) mass is 1040 g/mol. The molecule has 0 aliphatic carbocycles. The predicted octanol–water partition coefficient (Wildman–Crippen LogP) is 2.95. The maximum Gasteiger partial charge on any atom is 0.328 e. The molecule has 0 saturated heterocycles. The molecule has 3 rings (SSSR count). The van der Waals surface area contributed by atoms with Crippen molar-refractivity contribution in [2.24, 2.45) is 11.7 Å². The van der Waals surface area contributed by atoms with Gasteiger partial charge < -0.3 is 41.8 Å². The average Bonchev–Trinajstić information content (AvgIpc) is 3.24. The second-order valence-corrected chi connectivity index (χ2v) is 22.6. The van der Waals surface area contributed by atoms with Crippen molar-refractivity contribution in [3.05, 3.63) is 93.5 Å². The molecular weight excluding hydrogens is 973 g/mol. The summed E-state index contributed by atoms with van der Waals surface area (Å²) in [7, 11) is -8.41. The molecule has 0 spiro atoms. The molecule has 72 heavy (non-hydrogen) atoms. The average molecular weight is 1050 g/mol. The van der Waals surface area contributed by atoms with Crippen molar-refractivity contribution in [3.8, 4) is 11.5 Å². The highest BCUT2D eigenvalue weighted by molar-refractivity contribution is 7.86. The van der Waals surface area contributed by atoms with Crippen LogP contribution in [0.25, 0.3) is 0 Å². The molecule has 1 unspecified atom stereocenters. The van der Waals surface area contributed by atoms with Crippen LogP contribution in [0, 0.1) is 33.6 Å². The first kappa shape index (κ1) is 60.5. The van der Waals surface area contributed by atoms with E-state index in [1.54, 1.807) is 53.7 Å². The van der Waals surface area contributed by atoms with Crippen LogP contribution in [-0.4, -0.2) is 118 Å². The summed E-state index contributed by atoms with van der Waals surface area (Å²) < 4.78 is 74.3. The lowest BCUT2D eigenvalue weighted by Crippen LogP contribution is -2.50. The van der Waals surface area contributed by atoms with Gasteiger partial charge in [0.2, 0.25) is 23.6 Å². The van der Waals surface area contributed by atoms with Gasteiger partial charge in [0.25, 0.3) is 20.2 Å². The number of nitrogens with one attached hydrogen (secondary N) is 5. The Morgan fingerprint density at radius 1 is 0.639 bits per heavy atom. The molecule has 3 atom stereocenters. The lowest BCUT2D eigenvalue weighted by atomic mass is 9.75. The molecule has 20 nitrogen and oxygen atoms in total. The number of hydrogen-bond acceptors (Lipinski definition) is 14. The molecule has 0 aromatic heterocycles. The van der Waals surface area contributed by atoms with Gasteiger partial charge in [-0.3, -0.25) is 28.3 Å². The fourth-order valence-corrected chi connectivity index (χ4v) is 9.57. The molecule has 0 bridgehead atoms. The minimum Gasteiger partial charge on any atom is -0.425 e. The van der Waals surface area contributed by atoms with E-state index in [4.69, 9.17) is 24.3 Å². The molecule has 4 amide bonds. The maximum absolute atomic E-state index is 14.5. The van der Waals surface area contributed by atoms with E-state index < -0.39 is 103 Å². The number of esters is 2. The highest BCUT2D eigenvalue weighted by atomic mass is 32.2. The van der Waals surface area contributed by atoms with Gasteiger partial charge in [-0.25, -0.2) is 9.59 Å². The Hall–Kier alpha value is -5.78. The predicted molar refractivity (Wildman–Crippen MR) is 272 cm³/mol. The second-order valence-electron chi connectivity index (χ2n) is 19.5. The summed E-state index contributed by atoms with van der Waals surface area (Å²) in [5, 5.41) is 13.5. The largest absolute Gasteiger partial charge is 0.425 e. The summed E-state index contributed by atoms with van der Waals surface area (Å²) in [6.07, 6.45) is -0.308. The number of aryl methyl sites for hydroxylation is 4. The van der Waals surface area contributed by atoms with Crippen molar-refractivity contribution in [2.45, 2.75) is 117 Å². The number of ether oxygens (including phenoxy) is 2. The van der Waals surface area contributed by atoms with Crippen molar-refractivity contribution in [2.75, 3.05) is 44.2 Å². The summed E-state index contributed by atoms with van der Waals surface area (Å²) in [5.41, 5.74) is 8.87. The Morgan fingerprint density at radius 2 is 1.10 bits per heavy atom. The topological polar surface area (TPSA) is 316 Å². The van der Waals surface area contributed by atoms with Crippen LogP contribution in [0.2, 0.25) is 0 Å². The summed E-state index contributed by atoms with van der Waals surface area (Å²) in [6, 6.07) is 14.2. The van der Waals surface area contributed by atoms with Crippen LogP contribution in [0.5, 0.6) is 11.5 Å². The lowest BCUT2D eigenvalue weighted by Gasteiger charge is -2.35. The fraction of sp³-hybridized carbons (Fsp3) is 0.520. The Balaban J connectivity index is 1.94. The number of hydrogen-bond donors (Lipinski definition) is 8. The highest BCUT2D eigenvalue weighted by Crippen LogP contribution is 2.40. The van der Waals surface area contributed by atoms with Gasteiger partial charge in [0.1, 0.15) is 23.6 Å². The number of carbonyl (C=O) groups is 6. The molecule has 0 aliphatic rings. The maximum atomic E-state index is 14.5. The van der Waals surface area contributed by atoms with Crippen molar-refractivity contribution >= 4 is 55.8 Å². The third-order valence-electron chi connectivity index (χ3n) is 11.7. The zero-order chi connectivity index (χ0) is 54.2. The van der Waals surface area contributed by atoms with Gasteiger partial charge in [-0.2, -0.15) is 16.8 Å². The lowest BCUT2D eigenvalue weighted by molar-refractivity contribution is -0.138. The molecule has 9 N–H and O–H groups in total. The van der Waals surface area contributed by atoms with Crippen LogP contribution in [0.1, 0.15) is 99.2 Å². The van der Waals surface area contributed by atoms with E-state index >= 15 is 0 Å². The SMILES string of the molecule is Cc1cc(C)c(C(C)(C)CC(=O)NCC(=O)NCCCS(=O)(=O)O)c(OC(=O)[C@@H](NCC(C)(CC(=O)NCC(=O)NCCCS(=O)(=O)O)c2c(C)cc(C)cc2OC(=O)[C@@H](N)Cc2ccccc2)C(C)C)c1. The Morgan fingerprint density at radius 3 is 1.58 bits per heavy atom. The van der Waals surface area contributed by atoms with E-state index in [2.05, 4.69) is 26.6 Å². The molecule has 3 aromatic carbocycles. The third kappa shape index (κ3) is 20.4. The quantitative estimate of drug-likeness (QED) is 0.0224. The second kappa shape index (κ2) is 26.8. The molecule has 0 radical (unpaired) electrons. The fourth-order valence-electron chi connectivity index (χ4n) is 8.55. The highest BCUT2D eigenvalue weighted by Gasteiger charge is 2.38. The van der Waals surface area contributed by atoms with Crippen molar-refractivity contribution < 1.29 is 64.2 Å². The first-order valence-electron chi connectivity index (χ1n) is 23.6. The van der Waals surface area contributed by atoms with E-state index in [0.717, 1.165) is 22.3 Å². The minimum absolute atomic E-state index is 0.0183. The van der Waals surface area contributed by atoms with Crippen LogP contribution >= 0.6 is 0 Å². The van der Waals surface area contributed by atoms with E-state index in [1.165, 1.54) is 0 Å². The normalized spacial score (nSPS) is 13.6. The first-order chi connectivity index (χ1) is 33.4. The van der Waals surface area contributed by atoms with E-state index in [9.17, 15) is 45.6 Å². The molecule has 0 saturated carbocycles. The van der Waals surface area contributed by atoms with Gasteiger partial charge in [0, 0.05) is 54.4 Å². The zero-order valence-corrected chi connectivity index (χ0v) is 44.2. The molecular formula is C50H72N6O14S2. The van der Waals surface area contributed by atoms with Gasteiger partial charge in [0.15, 0.2) is 0 Å². The van der Waals surface area contributed by atoms with Crippen LogP contribution in [0.3, 0.4) is 0 Å². The zero-order valence-electron chi connectivity index (χ0n) is 42.6. The summed E-state index contributed by atoms with van der Waals surface area (Å²) in [5.74, 6) is -4.79. The molecule has 398 valence electrons. The smallest absolute Gasteiger partial charge is 0.328 e. The van der Waals surface area contributed by atoms with Crippen molar-refractivity contribution in [1.82, 2.24) is 26.6 Å². The van der Waals surface area contributed by atoms with Gasteiger partial charge >= 0.3 is 11.9 Å². The molecule has 0 fully saturated rings. The van der Waals surface area contributed by atoms with Crippen LogP contribution in [-0.2, 0) is 66.3 Å². The summed E-state index contributed by atoms with van der Waals surface area (Å²) >= 11 is 0. The van der Waals surface area contributed by atoms with Crippen molar-refractivity contribution in [1.29, 1.82) is 0 Å². The van der Waals surface area contributed by atoms with Crippen LogP contribution < -0.4 is 41.8 Å². The molecule has 3 aromatic rings. The van der Waals surface area contributed by atoms with Crippen molar-refractivity contribution in [3.63, 3.8) is 0 Å². The van der Waals surface area contributed by atoms with E-state index in [-0.39, 0.29) is 69.8 Å². The van der Waals surface area contributed by atoms with E-state index in [1.807, 2.05) is 63.2 Å². The standard InChI is InChI=1S/C50H72N6O14S2/c1-31(2)46(48(62)70-38-23-32(3)21-34(5)44(38)49(7,8)26-40(57)54-28-42(59)52-17-13-19-71(63,64)65)56-30-50(9,27-41(58)55-29-43(60)53-18-14-20-72(66,67)68)45-35(6)22-33(4)24-39(45)69-47(61)37(51)25-36-15-11-10-12-16-36/h10-12,15-16,21-24,31,37,46,56H,13-14,17-20,25-30,51H2,1-9H3,(H,52,59)(H,53,60)(H,54,57)(H,55,58)(H,63,64,65)(H,66,67,68)/t37-,46-,50?/m0/s1. The minimum atomic E-state index is -4.23. The third-order valence-corrected chi connectivity index (χ3v) is 13.3.